The molecule has 1 saturated heterocycles. The average molecular weight is 343 g/mol. The first kappa shape index (κ1) is 16.6. The second-order valence-electron chi connectivity index (χ2n) is 5.73. The Balaban J connectivity index is 1.83. The molecule has 9 heteroatoms. The van der Waals surface area contributed by atoms with Crippen LogP contribution in [0.4, 0.5) is 5.69 Å². The highest BCUT2D eigenvalue weighted by Gasteiger charge is 2.25. The second kappa shape index (κ2) is 6.71. The van der Waals surface area contributed by atoms with Gasteiger partial charge in [0.25, 0.3) is 11.6 Å². The van der Waals surface area contributed by atoms with Crippen molar-refractivity contribution in [1.29, 1.82) is 0 Å². The molecule has 0 N–H and O–H groups in total. The average Bonchev–Trinajstić information content (AvgIpc) is 3.15. The van der Waals surface area contributed by atoms with E-state index in [1.807, 2.05) is 0 Å². The maximum atomic E-state index is 12.6. The van der Waals surface area contributed by atoms with Crippen LogP contribution in [0.15, 0.2) is 36.9 Å². The first-order chi connectivity index (χ1) is 12.0. The number of nitro groups is 1. The molecule has 0 saturated carbocycles. The predicted molar refractivity (Wildman–Crippen MR) is 88.4 cm³/mol. The highest BCUT2D eigenvalue weighted by molar-refractivity contribution is 5.95. The van der Waals surface area contributed by atoms with Crippen molar-refractivity contribution in [3.63, 3.8) is 0 Å². The minimum atomic E-state index is -0.514. The molecule has 2 heterocycles. The molecule has 2 aromatic rings. The van der Waals surface area contributed by atoms with Crippen molar-refractivity contribution in [3.8, 4) is 5.69 Å². The Morgan fingerprint density at radius 1 is 1.16 bits per heavy atom. The molecule has 0 spiro atoms. The van der Waals surface area contributed by atoms with Gasteiger partial charge in [0.2, 0.25) is 5.91 Å². The summed E-state index contributed by atoms with van der Waals surface area (Å²) in [5, 5.41) is 11.4. The summed E-state index contributed by atoms with van der Waals surface area (Å²) in [6.45, 7) is 3.26. The Morgan fingerprint density at radius 3 is 2.40 bits per heavy atom. The lowest BCUT2D eigenvalue weighted by atomic mass is 10.1. The van der Waals surface area contributed by atoms with Crippen LogP contribution >= 0.6 is 0 Å². The normalized spacial score (nSPS) is 14.4. The largest absolute Gasteiger partial charge is 0.339 e. The molecule has 130 valence electrons. The van der Waals surface area contributed by atoms with E-state index in [9.17, 15) is 19.7 Å². The maximum absolute atomic E-state index is 12.6. The molecule has 1 aromatic heterocycles. The summed E-state index contributed by atoms with van der Waals surface area (Å²) in [5.41, 5.74) is 0.443. The van der Waals surface area contributed by atoms with E-state index in [0.29, 0.717) is 31.9 Å². The molecule has 1 fully saturated rings. The molecule has 9 nitrogen and oxygen atoms in total. The summed E-state index contributed by atoms with van der Waals surface area (Å²) in [6.07, 6.45) is 4.59. The van der Waals surface area contributed by atoms with Gasteiger partial charge in [-0.25, -0.2) is 4.98 Å². The Labute approximate surface area is 143 Å². The zero-order valence-corrected chi connectivity index (χ0v) is 13.7. The summed E-state index contributed by atoms with van der Waals surface area (Å²) in [4.78, 5) is 42.0. The van der Waals surface area contributed by atoms with Gasteiger partial charge in [0.1, 0.15) is 5.69 Å². The van der Waals surface area contributed by atoms with Crippen LogP contribution in [0.3, 0.4) is 0 Å². The number of rotatable bonds is 3. The van der Waals surface area contributed by atoms with E-state index in [0.717, 1.165) is 0 Å². The molecule has 0 unspecified atom stereocenters. The summed E-state index contributed by atoms with van der Waals surface area (Å²) in [7, 11) is 0. The minimum Gasteiger partial charge on any atom is -0.339 e. The molecule has 0 atom stereocenters. The van der Waals surface area contributed by atoms with E-state index >= 15 is 0 Å². The molecule has 0 bridgehead atoms. The standard InChI is InChI=1S/C16H17N5O4/c1-12(22)18-6-8-19(9-7-18)16(23)13-2-3-14(15(10-13)21(24)25)20-5-4-17-11-20/h2-5,10-11H,6-9H2,1H3. The topological polar surface area (TPSA) is 102 Å². The van der Waals surface area contributed by atoms with Crippen molar-refractivity contribution < 1.29 is 14.5 Å². The highest BCUT2D eigenvalue weighted by Crippen LogP contribution is 2.25. The molecular weight excluding hydrogens is 326 g/mol. The zero-order chi connectivity index (χ0) is 18.0. The van der Waals surface area contributed by atoms with E-state index in [2.05, 4.69) is 4.98 Å². The minimum absolute atomic E-state index is 0.0209. The monoisotopic (exact) mass is 343 g/mol. The molecule has 0 radical (unpaired) electrons. The Kier molecular flexibility index (Phi) is 4.46. The van der Waals surface area contributed by atoms with Gasteiger partial charge in [0, 0.05) is 57.1 Å². The number of piperazine rings is 1. The predicted octanol–water partition coefficient (Wildman–Crippen LogP) is 1.08. The number of amides is 2. The van der Waals surface area contributed by atoms with E-state index in [4.69, 9.17) is 0 Å². The quantitative estimate of drug-likeness (QED) is 0.613. The number of hydrogen-bond donors (Lipinski definition) is 0. The van der Waals surface area contributed by atoms with E-state index in [1.165, 1.54) is 30.1 Å². The molecule has 1 aliphatic heterocycles. The third-order valence-electron chi connectivity index (χ3n) is 4.21. The van der Waals surface area contributed by atoms with Crippen molar-refractivity contribution in [2.75, 3.05) is 26.2 Å². The molecule has 25 heavy (non-hydrogen) atoms. The molecule has 1 aliphatic rings. The summed E-state index contributed by atoms with van der Waals surface area (Å²) in [6, 6.07) is 4.40. The smallest absolute Gasteiger partial charge is 0.294 e. The van der Waals surface area contributed by atoms with Gasteiger partial charge in [-0.2, -0.15) is 0 Å². The van der Waals surface area contributed by atoms with Crippen LogP contribution in [0, 0.1) is 10.1 Å². The van der Waals surface area contributed by atoms with Gasteiger partial charge in [0.15, 0.2) is 0 Å². The number of carbonyl (C=O) groups excluding carboxylic acids is 2. The van der Waals surface area contributed by atoms with Gasteiger partial charge in [-0.15, -0.1) is 0 Å². The van der Waals surface area contributed by atoms with Crippen molar-refractivity contribution in [3.05, 3.63) is 52.6 Å². The fourth-order valence-corrected chi connectivity index (χ4v) is 2.83. The highest BCUT2D eigenvalue weighted by atomic mass is 16.6. The van der Waals surface area contributed by atoms with Crippen LogP contribution in [0.2, 0.25) is 0 Å². The summed E-state index contributed by atoms with van der Waals surface area (Å²) in [5.74, 6) is -0.295. The Hall–Kier alpha value is -3.23. The molecule has 0 aliphatic carbocycles. The van der Waals surface area contributed by atoms with Crippen molar-refractivity contribution in [2.45, 2.75) is 6.92 Å². The van der Waals surface area contributed by atoms with E-state index in [1.54, 1.807) is 28.1 Å². The second-order valence-corrected chi connectivity index (χ2v) is 5.73. The third kappa shape index (κ3) is 3.35. The van der Waals surface area contributed by atoms with E-state index < -0.39 is 4.92 Å². The van der Waals surface area contributed by atoms with Crippen LogP contribution < -0.4 is 0 Å². The fourth-order valence-electron chi connectivity index (χ4n) is 2.83. The number of benzene rings is 1. The first-order valence-corrected chi connectivity index (χ1v) is 7.79. The lowest BCUT2D eigenvalue weighted by Gasteiger charge is -2.34. The van der Waals surface area contributed by atoms with Crippen LogP contribution in [0.5, 0.6) is 0 Å². The number of carbonyl (C=O) groups is 2. The van der Waals surface area contributed by atoms with Crippen molar-refractivity contribution in [2.24, 2.45) is 0 Å². The lowest BCUT2D eigenvalue weighted by molar-refractivity contribution is -0.384. The number of imidazole rings is 1. The van der Waals surface area contributed by atoms with Gasteiger partial charge in [-0.1, -0.05) is 0 Å². The number of nitro benzene ring substituents is 1. The van der Waals surface area contributed by atoms with Gasteiger partial charge >= 0.3 is 0 Å². The summed E-state index contributed by atoms with van der Waals surface area (Å²) < 4.78 is 1.53. The molecule has 1 aromatic carbocycles. The van der Waals surface area contributed by atoms with Crippen LogP contribution in [-0.2, 0) is 4.79 Å². The SMILES string of the molecule is CC(=O)N1CCN(C(=O)c2ccc(-n3ccnc3)c([N+](=O)[O-])c2)CC1. The molecular formula is C16H17N5O4. The summed E-state index contributed by atoms with van der Waals surface area (Å²) >= 11 is 0. The van der Waals surface area contributed by atoms with Gasteiger partial charge in [-0.05, 0) is 12.1 Å². The fraction of sp³-hybridized carbons (Fsp3) is 0.312. The maximum Gasteiger partial charge on any atom is 0.294 e. The van der Waals surface area contributed by atoms with Gasteiger partial charge < -0.3 is 14.4 Å². The van der Waals surface area contributed by atoms with Gasteiger partial charge in [-0.3, -0.25) is 19.7 Å². The van der Waals surface area contributed by atoms with Crippen molar-refractivity contribution >= 4 is 17.5 Å². The lowest BCUT2D eigenvalue weighted by Crippen LogP contribution is -2.50. The number of nitrogens with zero attached hydrogens (tertiary/aromatic N) is 5. The number of hydrogen-bond acceptors (Lipinski definition) is 5. The molecule has 2 amide bonds. The van der Waals surface area contributed by atoms with Crippen LogP contribution in [0.25, 0.3) is 5.69 Å². The van der Waals surface area contributed by atoms with Crippen LogP contribution in [-0.4, -0.2) is 62.3 Å². The van der Waals surface area contributed by atoms with Gasteiger partial charge in [0.05, 0.1) is 11.3 Å². The third-order valence-corrected chi connectivity index (χ3v) is 4.21. The van der Waals surface area contributed by atoms with E-state index in [-0.39, 0.29) is 23.1 Å². The van der Waals surface area contributed by atoms with Crippen LogP contribution in [0.1, 0.15) is 17.3 Å². The molecule has 3 rings (SSSR count). The van der Waals surface area contributed by atoms with Crippen molar-refractivity contribution in [1.82, 2.24) is 19.4 Å². The zero-order valence-electron chi connectivity index (χ0n) is 13.7. The number of aromatic nitrogens is 2. The Morgan fingerprint density at radius 2 is 1.84 bits per heavy atom. The Bertz CT molecular complexity index is 810. The first-order valence-electron chi connectivity index (χ1n) is 7.79.